The van der Waals surface area contributed by atoms with E-state index in [2.05, 4.69) is 15.5 Å². The van der Waals surface area contributed by atoms with Crippen LogP contribution in [0.15, 0.2) is 53.1 Å². The average molecular weight is 448 g/mol. The number of nitrogens with zero attached hydrogens (tertiary/aromatic N) is 3. The number of anilines is 1. The first-order valence-electron chi connectivity index (χ1n) is 9.87. The minimum atomic E-state index is -4.44. The van der Waals surface area contributed by atoms with Crippen molar-refractivity contribution in [1.82, 2.24) is 15.0 Å². The normalized spacial score (nSPS) is 11.6. The van der Waals surface area contributed by atoms with Crippen LogP contribution in [-0.4, -0.2) is 48.2 Å². The lowest BCUT2D eigenvalue weighted by Crippen LogP contribution is -2.31. The monoisotopic (exact) mass is 448 g/mol. The third kappa shape index (κ3) is 6.55. The maximum atomic E-state index is 12.9. The van der Waals surface area contributed by atoms with Gasteiger partial charge in [0.05, 0.1) is 19.2 Å². The number of ether oxygens (including phenoxy) is 1. The van der Waals surface area contributed by atoms with Gasteiger partial charge in [0.2, 0.25) is 17.6 Å². The molecule has 0 atom stereocenters. The molecule has 0 unspecified atom stereocenters. The predicted molar refractivity (Wildman–Crippen MR) is 112 cm³/mol. The van der Waals surface area contributed by atoms with Gasteiger partial charge in [0.25, 0.3) is 0 Å². The highest BCUT2D eigenvalue weighted by atomic mass is 19.4. The molecule has 10 heteroatoms. The van der Waals surface area contributed by atoms with Crippen LogP contribution in [0.2, 0.25) is 0 Å². The zero-order valence-corrected chi connectivity index (χ0v) is 17.6. The van der Waals surface area contributed by atoms with Crippen molar-refractivity contribution in [2.45, 2.75) is 19.0 Å². The Bertz CT molecular complexity index is 1040. The Morgan fingerprint density at radius 1 is 1.19 bits per heavy atom. The summed E-state index contributed by atoms with van der Waals surface area (Å²) in [6, 6.07) is 11.8. The van der Waals surface area contributed by atoms with E-state index in [1.807, 2.05) is 11.9 Å². The summed E-state index contributed by atoms with van der Waals surface area (Å²) in [5.41, 5.74) is 0.148. The Kier molecular flexibility index (Phi) is 7.47. The summed E-state index contributed by atoms with van der Waals surface area (Å²) in [6.45, 7) is 0.794. The summed E-state index contributed by atoms with van der Waals surface area (Å²) < 4.78 is 48.9. The molecule has 0 aliphatic carbocycles. The van der Waals surface area contributed by atoms with Gasteiger partial charge in [0.1, 0.15) is 5.75 Å². The van der Waals surface area contributed by atoms with Crippen molar-refractivity contribution >= 4 is 11.6 Å². The van der Waals surface area contributed by atoms with Gasteiger partial charge in [-0.15, -0.1) is 0 Å². The highest BCUT2D eigenvalue weighted by Gasteiger charge is 2.30. The van der Waals surface area contributed by atoms with Crippen LogP contribution in [0.5, 0.6) is 5.75 Å². The molecule has 3 rings (SSSR count). The highest BCUT2D eigenvalue weighted by Crippen LogP contribution is 2.31. The number of hydrogen-bond acceptors (Lipinski definition) is 6. The number of aryl methyl sites for hydroxylation is 1. The van der Waals surface area contributed by atoms with Gasteiger partial charge < -0.3 is 14.6 Å². The number of hydrogen-bond donors (Lipinski definition) is 1. The van der Waals surface area contributed by atoms with E-state index in [9.17, 15) is 18.0 Å². The van der Waals surface area contributed by atoms with Gasteiger partial charge in [0, 0.05) is 17.7 Å². The Hall–Kier alpha value is -3.40. The molecule has 0 saturated carbocycles. The van der Waals surface area contributed by atoms with Gasteiger partial charge >= 0.3 is 6.18 Å². The molecule has 1 heterocycles. The topological polar surface area (TPSA) is 80.5 Å². The molecule has 0 bridgehead atoms. The summed E-state index contributed by atoms with van der Waals surface area (Å²) >= 11 is 0. The maximum absolute atomic E-state index is 12.9. The van der Waals surface area contributed by atoms with Crippen molar-refractivity contribution in [3.05, 3.63) is 60.0 Å². The van der Waals surface area contributed by atoms with Crippen molar-refractivity contribution in [2.75, 3.05) is 32.6 Å². The fourth-order valence-corrected chi connectivity index (χ4v) is 3.01. The van der Waals surface area contributed by atoms with Crippen molar-refractivity contribution in [3.8, 4) is 17.1 Å². The molecule has 0 spiro atoms. The zero-order chi connectivity index (χ0) is 23.1. The molecular weight excluding hydrogens is 425 g/mol. The van der Waals surface area contributed by atoms with Crippen LogP contribution in [0, 0.1) is 0 Å². The number of nitrogens with one attached hydrogen (secondary N) is 1. The summed E-state index contributed by atoms with van der Waals surface area (Å²) in [4.78, 5) is 18.2. The van der Waals surface area contributed by atoms with Crippen LogP contribution < -0.4 is 10.1 Å². The van der Waals surface area contributed by atoms with Gasteiger partial charge in [-0.1, -0.05) is 17.3 Å². The molecule has 0 radical (unpaired) electrons. The number of benzene rings is 2. The molecule has 1 amide bonds. The average Bonchev–Trinajstić information content (AvgIpc) is 3.22. The standard InChI is InChI=1S/C22H23F3N4O3/c1-29(14-19(30)26-17-8-10-18(31-2)11-9-17)12-4-7-20-27-21(28-32-20)15-5-3-6-16(13-15)22(23,24)25/h3,5-6,8-11,13H,4,7,12,14H2,1-2H3,(H,26,30). The number of aromatic nitrogens is 2. The van der Waals surface area contributed by atoms with Crippen molar-refractivity contribution in [2.24, 2.45) is 0 Å². The smallest absolute Gasteiger partial charge is 0.416 e. The number of halogens is 3. The lowest BCUT2D eigenvalue weighted by molar-refractivity contribution is -0.137. The van der Waals surface area contributed by atoms with Crippen molar-refractivity contribution in [1.29, 1.82) is 0 Å². The third-order valence-electron chi connectivity index (χ3n) is 4.63. The van der Waals surface area contributed by atoms with E-state index in [-0.39, 0.29) is 23.8 Å². The fraction of sp³-hybridized carbons (Fsp3) is 0.318. The number of carbonyl (C=O) groups is 1. The number of amides is 1. The number of alkyl halides is 3. The molecule has 3 aromatic rings. The Morgan fingerprint density at radius 3 is 2.62 bits per heavy atom. The molecule has 0 saturated heterocycles. The highest BCUT2D eigenvalue weighted by molar-refractivity contribution is 5.92. The van der Waals surface area contributed by atoms with Crippen LogP contribution >= 0.6 is 0 Å². The van der Waals surface area contributed by atoms with E-state index < -0.39 is 11.7 Å². The minimum absolute atomic E-state index is 0.110. The van der Waals surface area contributed by atoms with E-state index in [0.717, 1.165) is 12.1 Å². The molecule has 2 aromatic carbocycles. The van der Waals surface area contributed by atoms with E-state index >= 15 is 0 Å². The SMILES string of the molecule is COc1ccc(NC(=O)CN(C)CCCc2nc(-c3cccc(C(F)(F)F)c3)no2)cc1. The van der Waals surface area contributed by atoms with Crippen LogP contribution in [0.1, 0.15) is 17.9 Å². The number of likely N-dealkylation sites (N-methyl/N-ethyl adjacent to an activating group) is 1. The Balaban J connectivity index is 1.45. The summed E-state index contributed by atoms with van der Waals surface area (Å²) in [6.07, 6.45) is -3.36. The summed E-state index contributed by atoms with van der Waals surface area (Å²) in [5, 5.41) is 6.59. The number of carbonyl (C=O) groups excluding carboxylic acids is 1. The predicted octanol–water partition coefficient (Wildman–Crippen LogP) is 4.27. The van der Waals surface area contributed by atoms with Crippen LogP contribution in [0.25, 0.3) is 11.4 Å². The van der Waals surface area contributed by atoms with Crippen LogP contribution in [0.4, 0.5) is 18.9 Å². The third-order valence-corrected chi connectivity index (χ3v) is 4.63. The largest absolute Gasteiger partial charge is 0.497 e. The van der Waals surface area contributed by atoms with Crippen molar-refractivity contribution in [3.63, 3.8) is 0 Å². The van der Waals surface area contributed by atoms with Gasteiger partial charge in [-0.3, -0.25) is 9.69 Å². The van der Waals surface area contributed by atoms with E-state index in [0.29, 0.717) is 36.7 Å². The van der Waals surface area contributed by atoms with Gasteiger partial charge in [-0.2, -0.15) is 18.2 Å². The molecule has 1 N–H and O–H groups in total. The van der Waals surface area contributed by atoms with Crippen LogP contribution in [-0.2, 0) is 17.4 Å². The van der Waals surface area contributed by atoms with E-state index in [1.165, 1.54) is 12.1 Å². The minimum Gasteiger partial charge on any atom is -0.497 e. The molecule has 32 heavy (non-hydrogen) atoms. The molecule has 1 aromatic heterocycles. The van der Waals surface area contributed by atoms with Crippen LogP contribution in [0.3, 0.4) is 0 Å². The van der Waals surface area contributed by atoms with Gasteiger partial charge in [0.15, 0.2) is 0 Å². The second-order valence-electron chi connectivity index (χ2n) is 7.21. The first-order valence-corrected chi connectivity index (χ1v) is 9.87. The van der Waals surface area contributed by atoms with Gasteiger partial charge in [-0.05, 0) is 56.4 Å². The molecule has 7 nitrogen and oxygen atoms in total. The Morgan fingerprint density at radius 2 is 1.94 bits per heavy atom. The zero-order valence-electron chi connectivity index (χ0n) is 17.6. The second kappa shape index (κ2) is 10.3. The first kappa shape index (κ1) is 23.3. The lowest BCUT2D eigenvalue weighted by atomic mass is 10.1. The Labute approximate surface area is 183 Å². The van der Waals surface area contributed by atoms with Gasteiger partial charge in [-0.25, -0.2) is 0 Å². The maximum Gasteiger partial charge on any atom is 0.416 e. The summed E-state index contributed by atoms with van der Waals surface area (Å²) in [7, 11) is 3.39. The fourth-order valence-electron chi connectivity index (χ4n) is 3.01. The lowest BCUT2D eigenvalue weighted by Gasteiger charge is -2.15. The number of methoxy groups -OCH3 is 1. The second-order valence-corrected chi connectivity index (χ2v) is 7.21. The molecule has 170 valence electrons. The number of rotatable bonds is 9. The molecule has 0 aliphatic rings. The van der Waals surface area contributed by atoms with E-state index in [4.69, 9.17) is 9.26 Å². The van der Waals surface area contributed by atoms with Crippen molar-refractivity contribution < 1.29 is 27.2 Å². The van der Waals surface area contributed by atoms with E-state index in [1.54, 1.807) is 31.4 Å². The molecule has 0 fully saturated rings. The molecular formula is C22H23F3N4O3. The molecule has 0 aliphatic heterocycles. The first-order chi connectivity index (χ1) is 15.2. The quantitative estimate of drug-likeness (QED) is 0.527. The summed E-state index contributed by atoms with van der Waals surface area (Å²) in [5.74, 6) is 0.992.